The Morgan fingerprint density at radius 2 is 1.74 bits per heavy atom. The molecule has 0 saturated carbocycles. The molecule has 9 heteroatoms. The lowest BCUT2D eigenvalue weighted by atomic mass is 10.1. The summed E-state index contributed by atoms with van der Waals surface area (Å²) in [5.74, 6) is 0.179. The van der Waals surface area contributed by atoms with Crippen molar-refractivity contribution >= 4 is 46.2 Å². The van der Waals surface area contributed by atoms with E-state index in [1.54, 1.807) is 18.2 Å². The summed E-state index contributed by atoms with van der Waals surface area (Å²) in [7, 11) is 0. The van der Waals surface area contributed by atoms with Crippen LogP contribution in [0.15, 0.2) is 48.8 Å². The summed E-state index contributed by atoms with van der Waals surface area (Å²) >= 11 is 11.9. The van der Waals surface area contributed by atoms with E-state index < -0.39 is 4.92 Å². The minimum atomic E-state index is -0.530. The summed E-state index contributed by atoms with van der Waals surface area (Å²) in [5.41, 5.74) is 2.39. The van der Waals surface area contributed by atoms with Crippen molar-refractivity contribution in [3.8, 4) is 0 Å². The number of aryl methyl sites for hydroxylation is 1. The molecule has 0 unspecified atom stereocenters. The highest BCUT2D eigenvalue weighted by Gasteiger charge is 2.23. The van der Waals surface area contributed by atoms with Gasteiger partial charge in [-0.2, -0.15) is 0 Å². The molecule has 138 valence electrons. The fourth-order valence-corrected chi connectivity index (χ4v) is 2.67. The van der Waals surface area contributed by atoms with Crippen LogP contribution in [0.3, 0.4) is 0 Å². The molecule has 0 aliphatic rings. The summed E-state index contributed by atoms with van der Waals surface area (Å²) in [6.45, 7) is 2.39. The predicted octanol–water partition coefficient (Wildman–Crippen LogP) is 5.36. The quantitative estimate of drug-likeness (QED) is 0.425. The number of nitro groups is 1. The van der Waals surface area contributed by atoms with Crippen molar-refractivity contribution in [1.82, 2.24) is 9.97 Å². The van der Waals surface area contributed by atoms with Gasteiger partial charge in [0, 0.05) is 12.2 Å². The SMILES string of the molecule is Cc1ccc(CNc2ncnc(Nc3ccc(Cl)c(Cl)c3)c2[N+](=O)[O-])cc1. The largest absolute Gasteiger partial charge is 0.360 e. The van der Waals surface area contributed by atoms with Crippen molar-refractivity contribution in [3.05, 3.63) is 80.1 Å². The zero-order chi connectivity index (χ0) is 19.4. The topological polar surface area (TPSA) is 93.0 Å². The van der Waals surface area contributed by atoms with Gasteiger partial charge in [0.1, 0.15) is 6.33 Å². The number of hydrogen-bond donors (Lipinski definition) is 2. The zero-order valence-corrected chi connectivity index (χ0v) is 15.8. The molecule has 0 aliphatic carbocycles. The Morgan fingerprint density at radius 1 is 1.04 bits per heavy atom. The molecule has 0 fully saturated rings. The van der Waals surface area contributed by atoms with E-state index in [0.717, 1.165) is 11.1 Å². The van der Waals surface area contributed by atoms with Crippen molar-refractivity contribution in [3.63, 3.8) is 0 Å². The Labute approximate surface area is 165 Å². The van der Waals surface area contributed by atoms with E-state index in [9.17, 15) is 10.1 Å². The van der Waals surface area contributed by atoms with E-state index in [1.165, 1.54) is 6.33 Å². The van der Waals surface area contributed by atoms with Gasteiger partial charge in [0.15, 0.2) is 0 Å². The minimum Gasteiger partial charge on any atom is -0.360 e. The van der Waals surface area contributed by atoms with E-state index in [-0.39, 0.29) is 17.3 Å². The molecule has 0 amide bonds. The van der Waals surface area contributed by atoms with Gasteiger partial charge in [0.2, 0.25) is 11.6 Å². The molecule has 3 rings (SSSR count). The van der Waals surface area contributed by atoms with Gasteiger partial charge < -0.3 is 10.6 Å². The molecular weight excluding hydrogens is 389 g/mol. The van der Waals surface area contributed by atoms with Crippen LogP contribution in [-0.4, -0.2) is 14.9 Å². The fourth-order valence-electron chi connectivity index (χ4n) is 2.37. The second kappa shape index (κ2) is 8.20. The number of benzene rings is 2. The summed E-state index contributed by atoms with van der Waals surface area (Å²) in [6, 6.07) is 12.7. The summed E-state index contributed by atoms with van der Waals surface area (Å²) < 4.78 is 0. The van der Waals surface area contributed by atoms with E-state index in [1.807, 2.05) is 31.2 Å². The molecule has 1 heterocycles. The van der Waals surface area contributed by atoms with Crippen molar-refractivity contribution in [2.24, 2.45) is 0 Å². The van der Waals surface area contributed by atoms with E-state index >= 15 is 0 Å². The van der Waals surface area contributed by atoms with Gasteiger partial charge in [-0.1, -0.05) is 53.0 Å². The molecule has 0 bridgehead atoms. The Kier molecular flexibility index (Phi) is 5.73. The highest BCUT2D eigenvalue weighted by atomic mass is 35.5. The van der Waals surface area contributed by atoms with Crippen LogP contribution in [0.2, 0.25) is 10.0 Å². The first kappa shape index (κ1) is 18.9. The molecule has 0 spiro atoms. The lowest BCUT2D eigenvalue weighted by molar-refractivity contribution is -0.383. The maximum atomic E-state index is 11.6. The molecule has 3 aromatic rings. The van der Waals surface area contributed by atoms with E-state index in [0.29, 0.717) is 22.3 Å². The molecule has 0 radical (unpaired) electrons. The Balaban J connectivity index is 1.86. The average Bonchev–Trinajstić information content (AvgIpc) is 2.64. The Hall–Kier alpha value is -2.90. The monoisotopic (exact) mass is 403 g/mol. The molecule has 2 N–H and O–H groups in total. The van der Waals surface area contributed by atoms with Crippen molar-refractivity contribution in [1.29, 1.82) is 0 Å². The van der Waals surface area contributed by atoms with E-state index in [4.69, 9.17) is 23.2 Å². The van der Waals surface area contributed by atoms with Crippen LogP contribution in [0, 0.1) is 17.0 Å². The Morgan fingerprint density at radius 3 is 2.41 bits per heavy atom. The van der Waals surface area contributed by atoms with Crippen LogP contribution in [0.4, 0.5) is 23.0 Å². The third-order valence-corrected chi connectivity index (χ3v) is 4.51. The van der Waals surface area contributed by atoms with Gasteiger partial charge >= 0.3 is 5.69 Å². The van der Waals surface area contributed by atoms with Crippen molar-refractivity contribution in [2.45, 2.75) is 13.5 Å². The summed E-state index contributed by atoms with van der Waals surface area (Å²) in [5, 5.41) is 18.2. The van der Waals surface area contributed by atoms with Gasteiger partial charge in [0.25, 0.3) is 0 Å². The van der Waals surface area contributed by atoms with Gasteiger partial charge in [-0.25, -0.2) is 9.97 Å². The van der Waals surface area contributed by atoms with Crippen LogP contribution in [0.25, 0.3) is 0 Å². The first-order chi connectivity index (χ1) is 12.9. The highest BCUT2D eigenvalue weighted by molar-refractivity contribution is 6.42. The van der Waals surface area contributed by atoms with Gasteiger partial charge in [-0.3, -0.25) is 10.1 Å². The maximum absolute atomic E-state index is 11.6. The lowest BCUT2D eigenvalue weighted by Crippen LogP contribution is -2.08. The van der Waals surface area contributed by atoms with E-state index in [2.05, 4.69) is 20.6 Å². The standard InChI is InChI=1S/C18H15Cl2N5O2/c1-11-2-4-12(5-3-11)9-21-17-16(25(26)27)18(23-10-22-17)24-13-6-7-14(19)15(20)8-13/h2-8,10H,9H2,1H3,(H2,21,22,23,24). The summed E-state index contributed by atoms with van der Waals surface area (Å²) in [6.07, 6.45) is 1.25. The number of anilines is 3. The number of aromatic nitrogens is 2. The normalized spacial score (nSPS) is 10.5. The molecule has 7 nitrogen and oxygen atoms in total. The molecular formula is C18H15Cl2N5O2. The minimum absolute atomic E-state index is 0.0554. The van der Waals surface area contributed by atoms with Crippen LogP contribution in [0.5, 0.6) is 0 Å². The Bertz CT molecular complexity index is 980. The highest BCUT2D eigenvalue weighted by Crippen LogP contribution is 2.33. The second-order valence-electron chi connectivity index (χ2n) is 5.77. The fraction of sp³-hybridized carbons (Fsp3) is 0.111. The zero-order valence-electron chi connectivity index (χ0n) is 14.2. The van der Waals surface area contributed by atoms with Crippen molar-refractivity contribution in [2.75, 3.05) is 10.6 Å². The van der Waals surface area contributed by atoms with Crippen molar-refractivity contribution < 1.29 is 4.92 Å². The average molecular weight is 404 g/mol. The van der Waals surface area contributed by atoms with Crippen LogP contribution in [0.1, 0.15) is 11.1 Å². The lowest BCUT2D eigenvalue weighted by Gasteiger charge is -2.11. The third kappa shape index (κ3) is 4.64. The van der Waals surface area contributed by atoms with Crippen LogP contribution in [-0.2, 0) is 6.54 Å². The number of nitrogens with one attached hydrogen (secondary N) is 2. The first-order valence-electron chi connectivity index (χ1n) is 7.95. The van der Waals surface area contributed by atoms with Gasteiger partial charge in [-0.05, 0) is 30.7 Å². The maximum Gasteiger partial charge on any atom is 0.353 e. The number of rotatable bonds is 6. The molecule has 27 heavy (non-hydrogen) atoms. The number of halogens is 2. The smallest absolute Gasteiger partial charge is 0.353 e. The van der Waals surface area contributed by atoms with Gasteiger partial charge in [0.05, 0.1) is 15.0 Å². The molecule has 0 saturated heterocycles. The van der Waals surface area contributed by atoms with Gasteiger partial charge in [-0.15, -0.1) is 0 Å². The number of nitrogens with zero attached hydrogens (tertiary/aromatic N) is 3. The molecule has 1 aromatic heterocycles. The number of hydrogen-bond acceptors (Lipinski definition) is 6. The second-order valence-corrected chi connectivity index (χ2v) is 6.58. The molecule has 0 aliphatic heterocycles. The predicted molar refractivity (Wildman–Crippen MR) is 107 cm³/mol. The van der Waals surface area contributed by atoms with Crippen LogP contribution < -0.4 is 10.6 Å². The molecule has 0 atom stereocenters. The third-order valence-electron chi connectivity index (χ3n) is 3.77. The summed E-state index contributed by atoms with van der Waals surface area (Å²) in [4.78, 5) is 19.1. The first-order valence-corrected chi connectivity index (χ1v) is 8.70. The van der Waals surface area contributed by atoms with Crippen LogP contribution >= 0.6 is 23.2 Å². The molecule has 2 aromatic carbocycles.